The fourth-order valence-electron chi connectivity index (χ4n) is 6.66. The summed E-state index contributed by atoms with van der Waals surface area (Å²) in [5.41, 5.74) is 9.09. The van der Waals surface area contributed by atoms with Crippen molar-refractivity contribution in [3.63, 3.8) is 0 Å². The predicted octanol–water partition coefficient (Wildman–Crippen LogP) is 11.0. The molecule has 0 atom stereocenters. The number of hydrogen-bond donors (Lipinski definition) is 0. The molecule has 0 aliphatic heterocycles. The van der Waals surface area contributed by atoms with Crippen molar-refractivity contribution < 1.29 is 4.42 Å². The highest BCUT2D eigenvalue weighted by atomic mass is 16.3. The summed E-state index contributed by atoms with van der Waals surface area (Å²) < 4.78 is 6.31. The lowest BCUT2D eigenvalue weighted by atomic mass is 9.90. The molecular formula is C41H26N2O. The molecule has 1 aliphatic carbocycles. The largest absolute Gasteiger partial charge is 0.456 e. The molecule has 0 amide bonds. The minimum absolute atomic E-state index is 0.706. The van der Waals surface area contributed by atoms with Crippen LogP contribution in [0.5, 0.6) is 0 Å². The molecule has 0 unspecified atom stereocenters. The summed E-state index contributed by atoms with van der Waals surface area (Å²) >= 11 is 0. The fraction of sp³-hybridized carbons (Fsp3) is 0.0244. The van der Waals surface area contributed by atoms with Gasteiger partial charge in [0, 0.05) is 27.5 Å². The Morgan fingerprint density at radius 1 is 0.523 bits per heavy atom. The van der Waals surface area contributed by atoms with Crippen molar-refractivity contribution in [2.24, 2.45) is 0 Å². The van der Waals surface area contributed by atoms with Crippen molar-refractivity contribution in [2.75, 3.05) is 0 Å². The minimum atomic E-state index is 0.706. The Morgan fingerprint density at radius 3 is 2.07 bits per heavy atom. The molecule has 0 bridgehead atoms. The summed E-state index contributed by atoms with van der Waals surface area (Å²) in [7, 11) is 0. The molecule has 0 saturated carbocycles. The van der Waals surface area contributed by atoms with Gasteiger partial charge in [0.05, 0.1) is 11.4 Å². The van der Waals surface area contributed by atoms with Crippen molar-refractivity contribution in [1.29, 1.82) is 0 Å². The number of furan rings is 1. The molecule has 44 heavy (non-hydrogen) atoms. The van der Waals surface area contributed by atoms with Gasteiger partial charge in [-0.15, -0.1) is 0 Å². The molecule has 206 valence electrons. The molecule has 3 nitrogen and oxygen atoms in total. The van der Waals surface area contributed by atoms with Crippen molar-refractivity contribution in [3.8, 4) is 33.9 Å². The summed E-state index contributed by atoms with van der Waals surface area (Å²) in [5.74, 6) is 0.706. The SMILES string of the molecule is C1=CCC=CC(c2cccc(-c3cc(-c4cccc5c6cccc7oc8cccc(c45)c8c76)nc(-c4ccccc4)n3)c2)=C1. The third-order valence-corrected chi connectivity index (χ3v) is 8.65. The Bertz CT molecular complexity index is 2460. The molecule has 0 N–H and O–H groups in total. The Hall–Kier alpha value is -5.80. The van der Waals surface area contributed by atoms with E-state index < -0.39 is 0 Å². The second kappa shape index (κ2) is 9.89. The van der Waals surface area contributed by atoms with Crippen LogP contribution in [0.25, 0.3) is 83.0 Å². The summed E-state index contributed by atoms with van der Waals surface area (Å²) in [6.07, 6.45) is 11.8. The number of nitrogens with zero attached hydrogens (tertiary/aromatic N) is 2. The van der Waals surface area contributed by atoms with Crippen LogP contribution in [0.2, 0.25) is 0 Å². The second-order valence-electron chi connectivity index (χ2n) is 11.3. The van der Waals surface area contributed by atoms with Gasteiger partial charge in [-0.05, 0) is 63.4 Å². The first kappa shape index (κ1) is 24.8. The lowest BCUT2D eigenvalue weighted by Gasteiger charge is -2.14. The zero-order valence-electron chi connectivity index (χ0n) is 23.9. The number of fused-ring (bicyclic) bond motifs is 3. The van der Waals surface area contributed by atoms with Crippen LogP contribution in [0.1, 0.15) is 12.0 Å². The Kier molecular flexibility index (Phi) is 5.57. The molecule has 0 radical (unpaired) electrons. The van der Waals surface area contributed by atoms with E-state index in [4.69, 9.17) is 14.4 Å². The van der Waals surface area contributed by atoms with Gasteiger partial charge in [-0.2, -0.15) is 0 Å². The summed E-state index contributed by atoms with van der Waals surface area (Å²) in [5, 5.41) is 7.09. The van der Waals surface area contributed by atoms with E-state index in [9.17, 15) is 0 Å². The summed E-state index contributed by atoms with van der Waals surface area (Å²) in [4.78, 5) is 10.4. The number of rotatable bonds is 4. The zero-order chi connectivity index (χ0) is 29.0. The van der Waals surface area contributed by atoms with E-state index in [1.165, 1.54) is 37.9 Å². The van der Waals surface area contributed by atoms with Crippen LogP contribution in [-0.2, 0) is 0 Å². The van der Waals surface area contributed by atoms with Gasteiger partial charge in [0.15, 0.2) is 5.82 Å². The van der Waals surface area contributed by atoms with E-state index in [2.05, 4.69) is 127 Å². The lowest BCUT2D eigenvalue weighted by molar-refractivity contribution is 0.669. The number of aromatic nitrogens is 2. The van der Waals surface area contributed by atoms with Gasteiger partial charge in [-0.3, -0.25) is 0 Å². The highest BCUT2D eigenvalue weighted by Gasteiger charge is 2.20. The number of allylic oxidation sites excluding steroid dienone is 6. The van der Waals surface area contributed by atoms with Crippen molar-refractivity contribution in [3.05, 3.63) is 151 Å². The predicted molar refractivity (Wildman–Crippen MR) is 183 cm³/mol. The van der Waals surface area contributed by atoms with Gasteiger partial charge < -0.3 is 4.42 Å². The first-order valence-electron chi connectivity index (χ1n) is 15.0. The molecule has 0 saturated heterocycles. The molecule has 2 aromatic heterocycles. The van der Waals surface area contributed by atoms with Crippen LogP contribution in [0.3, 0.4) is 0 Å². The van der Waals surface area contributed by atoms with Gasteiger partial charge in [0.25, 0.3) is 0 Å². The van der Waals surface area contributed by atoms with Crippen LogP contribution in [0.15, 0.2) is 150 Å². The maximum atomic E-state index is 6.31. The molecule has 0 fully saturated rings. The minimum Gasteiger partial charge on any atom is -0.456 e. The Morgan fingerprint density at radius 2 is 1.20 bits per heavy atom. The third kappa shape index (κ3) is 3.90. The fourth-order valence-corrected chi connectivity index (χ4v) is 6.66. The first-order chi connectivity index (χ1) is 21.8. The average Bonchev–Trinajstić information content (AvgIpc) is 3.26. The van der Waals surface area contributed by atoms with E-state index in [1.54, 1.807) is 0 Å². The molecule has 2 heterocycles. The molecular weight excluding hydrogens is 536 g/mol. The van der Waals surface area contributed by atoms with E-state index in [0.717, 1.165) is 51.2 Å². The monoisotopic (exact) mass is 562 g/mol. The number of benzene rings is 6. The molecule has 6 aromatic carbocycles. The highest BCUT2D eigenvalue weighted by molar-refractivity contribution is 6.34. The normalized spacial score (nSPS) is 13.3. The number of hydrogen-bond acceptors (Lipinski definition) is 3. The molecule has 3 heteroatoms. The van der Waals surface area contributed by atoms with Gasteiger partial charge in [0.2, 0.25) is 0 Å². The first-order valence-corrected chi connectivity index (χ1v) is 15.0. The topological polar surface area (TPSA) is 38.9 Å². The molecule has 1 aliphatic rings. The maximum absolute atomic E-state index is 6.31. The Labute approximate surface area is 254 Å². The second-order valence-corrected chi connectivity index (χ2v) is 11.3. The van der Waals surface area contributed by atoms with E-state index in [1.807, 2.05) is 18.2 Å². The zero-order valence-corrected chi connectivity index (χ0v) is 23.9. The van der Waals surface area contributed by atoms with E-state index in [0.29, 0.717) is 5.82 Å². The van der Waals surface area contributed by atoms with Gasteiger partial charge in [-0.25, -0.2) is 9.97 Å². The van der Waals surface area contributed by atoms with Crippen molar-refractivity contribution in [2.45, 2.75) is 6.42 Å². The average molecular weight is 563 g/mol. The van der Waals surface area contributed by atoms with Crippen LogP contribution < -0.4 is 0 Å². The van der Waals surface area contributed by atoms with Crippen molar-refractivity contribution >= 4 is 49.1 Å². The standard InChI is InChI=1S/C41H26N2O/c1-2-5-13-26(12-4-1)28-16-8-17-29(24-28)34-25-35(43-41(42-34)27-14-6-3-7-15-27)32-20-9-18-30-31-19-10-22-36-39(31)40-33(38(30)32)21-11-23-37(40)44-36/h1,3-25H,2H2. The lowest BCUT2D eigenvalue weighted by Crippen LogP contribution is -1.97. The summed E-state index contributed by atoms with van der Waals surface area (Å²) in [6, 6.07) is 40.3. The van der Waals surface area contributed by atoms with Gasteiger partial charge in [-0.1, -0.05) is 121 Å². The van der Waals surface area contributed by atoms with Crippen LogP contribution in [-0.4, -0.2) is 9.97 Å². The maximum Gasteiger partial charge on any atom is 0.160 e. The molecule has 9 rings (SSSR count). The van der Waals surface area contributed by atoms with E-state index in [-0.39, 0.29) is 0 Å². The summed E-state index contributed by atoms with van der Waals surface area (Å²) in [6.45, 7) is 0. The quantitative estimate of drug-likeness (QED) is 0.200. The van der Waals surface area contributed by atoms with Crippen LogP contribution in [0, 0.1) is 0 Å². The third-order valence-electron chi connectivity index (χ3n) is 8.65. The smallest absolute Gasteiger partial charge is 0.160 e. The molecule has 0 spiro atoms. The van der Waals surface area contributed by atoms with E-state index >= 15 is 0 Å². The van der Waals surface area contributed by atoms with Gasteiger partial charge in [0.1, 0.15) is 11.2 Å². The van der Waals surface area contributed by atoms with Gasteiger partial charge >= 0.3 is 0 Å². The van der Waals surface area contributed by atoms with Crippen LogP contribution in [0.4, 0.5) is 0 Å². The van der Waals surface area contributed by atoms with Crippen LogP contribution >= 0.6 is 0 Å². The highest BCUT2D eigenvalue weighted by Crippen LogP contribution is 2.45. The van der Waals surface area contributed by atoms with Crippen molar-refractivity contribution in [1.82, 2.24) is 9.97 Å². The molecule has 8 aromatic rings. The Balaban J connectivity index is 1.33.